The molecule has 0 aliphatic heterocycles. The maximum atomic E-state index is 5.91. The summed E-state index contributed by atoms with van der Waals surface area (Å²) in [6.07, 6.45) is 0.983. The molecule has 0 amide bonds. The zero-order chi connectivity index (χ0) is 17.7. The van der Waals surface area contributed by atoms with Gasteiger partial charge in [-0.25, -0.2) is 9.38 Å². The zero-order valence-corrected chi connectivity index (χ0v) is 15.3. The lowest BCUT2D eigenvalue weighted by Crippen LogP contribution is -2.36. The quantitative estimate of drug-likeness (QED) is 0.765. The highest BCUT2D eigenvalue weighted by Gasteiger charge is 2.27. The fraction of sp³-hybridized carbons (Fsp3) is 0.500. The van der Waals surface area contributed by atoms with Crippen LogP contribution in [0, 0.1) is 12.3 Å². The number of imidazole rings is 1. The van der Waals surface area contributed by atoms with Crippen molar-refractivity contribution in [2.45, 2.75) is 53.5 Å². The van der Waals surface area contributed by atoms with Crippen LogP contribution in [0.1, 0.15) is 46.6 Å². The van der Waals surface area contributed by atoms with Gasteiger partial charge in [0.25, 0.3) is 0 Å². The summed E-state index contributed by atoms with van der Waals surface area (Å²) >= 11 is 0. The van der Waals surface area contributed by atoms with E-state index < -0.39 is 0 Å². The summed E-state index contributed by atoms with van der Waals surface area (Å²) in [5.74, 6) is 1.47. The van der Waals surface area contributed by atoms with Gasteiger partial charge in [0.2, 0.25) is 17.7 Å². The second-order valence-corrected chi connectivity index (χ2v) is 8.39. The van der Waals surface area contributed by atoms with E-state index in [0.717, 1.165) is 23.0 Å². The van der Waals surface area contributed by atoms with E-state index in [2.05, 4.69) is 67.9 Å². The van der Waals surface area contributed by atoms with E-state index >= 15 is 0 Å². The normalized spacial score (nSPS) is 12.9. The Labute approximate surface area is 142 Å². The Bertz CT molecular complexity index is 901. The van der Waals surface area contributed by atoms with Crippen LogP contribution in [-0.2, 0) is 0 Å². The second-order valence-electron chi connectivity index (χ2n) is 8.39. The molecule has 0 atom stereocenters. The van der Waals surface area contributed by atoms with Crippen molar-refractivity contribution >= 4 is 28.7 Å². The minimum absolute atomic E-state index is 0.146. The maximum absolute atomic E-state index is 5.91. The second kappa shape index (κ2) is 5.33. The Morgan fingerprint density at radius 3 is 2.46 bits per heavy atom. The topological polar surface area (TPSA) is 81.1 Å². The minimum Gasteiger partial charge on any atom is -0.368 e. The van der Waals surface area contributed by atoms with E-state index in [1.165, 1.54) is 0 Å². The Morgan fingerprint density at radius 1 is 1.08 bits per heavy atom. The van der Waals surface area contributed by atoms with Crippen molar-refractivity contribution in [3.63, 3.8) is 0 Å². The molecule has 6 nitrogen and oxygen atoms in total. The van der Waals surface area contributed by atoms with Gasteiger partial charge in [-0.05, 0) is 50.3 Å². The van der Waals surface area contributed by atoms with E-state index in [9.17, 15) is 0 Å². The van der Waals surface area contributed by atoms with Gasteiger partial charge in [-0.15, -0.1) is 0 Å². The lowest BCUT2D eigenvalue weighted by atomic mass is 9.82. The number of hydrogen-bond acceptors (Lipinski definition) is 5. The predicted octanol–water partition coefficient (Wildman–Crippen LogP) is 3.79. The molecule has 0 bridgehead atoms. The summed E-state index contributed by atoms with van der Waals surface area (Å²) in [7, 11) is 0. The molecule has 128 valence electrons. The summed E-state index contributed by atoms with van der Waals surface area (Å²) < 4.78 is 1.94. The highest BCUT2D eigenvalue weighted by atomic mass is 15.3. The van der Waals surface area contributed by atoms with Gasteiger partial charge in [0.05, 0.1) is 11.0 Å². The standard InChI is InChI=1S/C18H26N6/c1-11-7-8-13-12(9-11)20-15-21-14(19)22-16(24(13)15)23-18(5,6)10-17(2,3)4/h7-9H,10H2,1-6H3,(H3,19,20,21,22,23). The van der Waals surface area contributed by atoms with Crippen molar-refractivity contribution in [2.75, 3.05) is 11.1 Å². The average Bonchev–Trinajstić information content (AvgIpc) is 2.71. The van der Waals surface area contributed by atoms with Gasteiger partial charge in [-0.1, -0.05) is 26.8 Å². The summed E-state index contributed by atoms with van der Waals surface area (Å²) in [5.41, 5.74) is 8.99. The summed E-state index contributed by atoms with van der Waals surface area (Å²) in [4.78, 5) is 13.3. The first-order valence-electron chi connectivity index (χ1n) is 8.25. The molecule has 0 aliphatic carbocycles. The molecule has 2 heterocycles. The third-order valence-electron chi connectivity index (χ3n) is 3.86. The molecular weight excluding hydrogens is 300 g/mol. The van der Waals surface area contributed by atoms with E-state index in [0.29, 0.717) is 11.7 Å². The van der Waals surface area contributed by atoms with Crippen molar-refractivity contribution in [1.29, 1.82) is 0 Å². The van der Waals surface area contributed by atoms with Crippen molar-refractivity contribution in [3.8, 4) is 0 Å². The summed E-state index contributed by atoms with van der Waals surface area (Å²) in [6, 6.07) is 6.16. The van der Waals surface area contributed by atoms with E-state index in [1.807, 2.05) is 16.5 Å². The van der Waals surface area contributed by atoms with E-state index in [-0.39, 0.29) is 16.9 Å². The summed E-state index contributed by atoms with van der Waals surface area (Å²) in [5, 5.41) is 3.54. The minimum atomic E-state index is -0.146. The number of nitrogens with zero attached hydrogens (tertiary/aromatic N) is 4. The lowest BCUT2D eigenvalue weighted by molar-refractivity contribution is 0.301. The first-order chi connectivity index (χ1) is 11.0. The monoisotopic (exact) mass is 326 g/mol. The number of aryl methyl sites for hydroxylation is 1. The third-order valence-corrected chi connectivity index (χ3v) is 3.86. The van der Waals surface area contributed by atoms with Crippen molar-refractivity contribution < 1.29 is 0 Å². The van der Waals surface area contributed by atoms with Gasteiger partial charge in [0, 0.05) is 5.54 Å². The summed E-state index contributed by atoms with van der Waals surface area (Å²) in [6.45, 7) is 13.1. The number of anilines is 2. The van der Waals surface area contributed by atoms with Crippen LogP contribution in [0.15, 0.2) is 18.2 Å². The van der Waals surface area contributed by atoms with Gasteiger partial charge >= 0.3 is 0 Å². The van der Waals surface area contributed by atoms with Gasteiger partial charge in [0.15, 0.2) is 0 Å². The molecule has 0 radical (unpaired) electrons. The molecule has 0 saturated carbocycles. The number of fused-ring (bicyclic) bond motifs is 3. The number of nitrogens with two attached hydrogens (primary N) is 1. The fourth-order valence-corrected chi connectivity index (χ4v) is 3.50. The Hall–Kier alpha value is -2.37. The highest BCUT2D eigenvalue weighted by molar-refractivity contribution is 5.81. The smallest absolute Gasteiger partial charge is 0.241 e. The van der Waals surface area contributed by atoms with Gasteiger partial charge in [0.1, 0.15) is 0 Å². The van der Waals surface area contributed by atoms with Crippen molar-refractivity contribution in [2.24, 2.45) is 5.41 Å². The maximum Gasteiger partial charge on any atom is 0.241 e. The number of nitrogen functional groups attached to an aromatic ring is 1. The van der Waals surface area contributed by atoms with Crippen molar-refractivity contribution in [3.05, 3.63) is 23.8 Å². The van der Waals surface area contributed by atoms with Gasteiger partial charge in [-0.3, -0.25) is 0 Å². The Balaban J connectivity index is 2.15. The van der Waals surface area contributed by atoms with Crippen LogP contribution in [0.25, 0.3) is 16.8 Å². The predicted molar refractivity (Wildman–Crippen MR) is 99.2 cm³/mol. The molecule has 3 rings (SSSR count). The average molecular weight is 326 g/mol. The molecule has 24 heavy (non-hydrogen) atoms. The molecule has 0 fully saturated rings. The van der Waals surface area contributed by atoms with Crippen LogP contribution < -0.4 is 11.1 Å². The van der Waals surface area contributed by atoms with Crippen LogP contribution in [0.5, 0.6) is 0 Å². The SMILES string of the molecule is Cc1ccc2c(c1)nc1nc(N)nc(NC(C)(C)CC(C)(C)C)n12. The molecule has 0 saturated heterocycles. The Kier molecular flexibility index (Phi) is 3.66. The first kappa shape index (κ1) is 16.5. The first-order valence-corrected chi connectivity index (χ1v) is 8.25. The third kappa shape index (κ3) is 3.27. The van der Waals surface area contributed by atoms with Crippen LogP contribution in [0.3, 0.4) is 0 Å². The number of benzene rings is 1. The van der Waals surface area contributed by atoms with E-state index in [1.54, 1.807) is 0 Å². The molecule has 6 heteroatoms. The molecule has 2 aromatic heterocycles. The zero-order valence-electron chi connectivity index (χ0n) is 15.3. The molecule has 1 aromatic carbocycles. The lowest BCUT2D eigenvalue weighted by Gasteiger charge is -2.33. The largest absolute Gasteiger partial charge is 0.368 e. The van der Waals surface area contributed by atoms with Gasteiger partial charge < -0.3 is 11.1 Å². The molecule has 0 spiro atoms. The highest BCUT2D eigenvalue weighted by Crippen LogP contribution is 2.30. The van der Waals surface area contributed by atoms with Crippen LogP contribution in [0.4, 0.5) is 11.9 Å². The van der Waals surface area contributed by atoms with Crippen LogP contribution in [-0.4, -0.2) is 24.9 Å². The number of hydrogen-bond donors (Lipinski definition) is 2. The Morgan fingerprint density at radius 2 is 1.79 bits per heavy atom. The number of nitrogens with one attached hydrogen (secondary N) is 1. The molecular formula is C18H26N6. The molecule has 3 N–H and O–H groups in total. The van der Waals surface area contributed by atoms with Crippen LogP contribution in [0.2, 0.25) is 0 Å². The van der Waals surface area contributed by atoms with E-state index in [4.69, 9.17) is 5.73 Å². The molecule has 3 aromatic rings. The van der Waals surface area contributed by atoms with Crippen LogP contribution >= 0.6 is 0 Å². The van der Waals surface area contributed by atoms with Crippen molar-refractivity contribution in [1.82, 2.24) is 19.4 Å². The number of aromatic nitrogens is 4. The van der Waals surface area contributed by atoms with Gasteiger partial charge in [-0.2, -0.15) is 9.97 Å². The fourth-order valence-electron chi connectivity index (χ4n) is 3.50. The molecule has 0 aliphatic rings. The number of rotatable bonds is 3. The molecule has 0 unspecified atom stereocenters.